The van der Waals surface area contributed by atoms with E-state index in [9.17, 15) is 14.4 Å². The van der Waals surface area contributed by atoms with Crippen molar-refractivity contribution in [2.45, 2.75) is 11.8 Å². The molecule has 0 atom stereocenters. The third kappa shape index (κ3) is 2.92. The van der Waals surface area contributed by atoms with Crippen LogP contribution in [0.5, 0.6) is 0 Å². The van der Waals surface area contributed by atoms with Gasteiger partial charge in [0.15, 0.2) is 0 Å². The lowest BCUT2D eigenvalue weighted by Gasteiger charge is -2.07. The number of hydrogen-bond acceptors (Lipinski definition) is 4. The number of fused-ring (bicyclic) bond motifs is 1. The molecule has 3 rings (SSSR count). The summed E-state index contributed by atoms with van der Waals surface area (Å²) in [4.78, 5) is 38.4. The third-order valence-electron chi connectivity index (χ3n) is 3.75. The zero-order chi connectivity index (χ0) is 17.3. The second kappa shape index (κ2) is 6.49. The smallest absolute Gasteiger partial charge is 0.261 e. The van der Waals surface area contributed by atoms with Crippen LogP contribution in [-0.4, -0.2) is 35.4 Å². The first-order valence-corrected chi connectivity index (χ1v) is 8.50. The van der Waals surface area contributed by atoms with Gasteiger partial charge in [-0.15, -0.1) is 11.8 Å². The van der Waals surface area contributed by atoms with Crippen LogP contribution in [0, 0.1) is 0 Å². The van der Waals surface area contributed by atoms with Crippen LogP contribution in [0.3, 0.4) is 0 Å². The summed E-state index contributed by atoms with van der Waals surface area (Å²) in [6, 6.07) is 12.1. The number of carbonyl (C=O) groups excluding carboxylic acids is 3. The minimum atomic E-state index is -0.354. The summed E-state index contributed by atoms with van der Waals surface area (Å²) in [5.41, 5.74) is 1.72. The lowest BCUT2D eigenvalue weighted by Crippen LogP contribution is -2.24. The molecule has 3 amide bonds. The molecule has 0 saturated heterocycles. The number of nitrogens with zero attached hydrogens (tertiary/aromatic N) is 1. The maximum Gasteiger partial charge on any atom is 0.261 e. The van der Waals surface area contributed by atoms with E-state index in [-0.39, 0.29) is 17.7 Å². The first-order valence-electron chi connectivity index (χ1n) is 7.52. The Labute approximate surface area is 144 Å². The van der Waals surface area contributed by atoms with Crippen LogP contribution in [0.2, 0.25) is 0 Å². The van der Waals surface area contributed by atoms with Crippen LogP contribution in [-0.2, 0) is 0 Å². The molecule has 0 spiro atoms. The second-order valence-corrected chi connectivity index (χ2v) is 6.68. The predicted molar refractivity (Wildman–Crippen MR) is 93.7 cm³/mol. The van der Waals surface area contributed by atoms with Gasteiger partial charge in [0.1, 0.15) is 0 Å². The first kappa shape index (κ1) is 16.3. The Morgan fingerprint density at radius 2 is 1.83 bits per heavy atom. The summed E-state index contributed by atoms with van der Waals surface area (Å²) in [5.74, 6) is 0.00256. The van der Waals surface area contributed by atoms with E-state index >= 15 is 0 Å². The lowest BCUT2D eigenvalue weighted by molar-refractivity contribution is 0.0692. The van der Waals surface area contributed by atoms with E-state index in [0.29, 0.717) is 22.4 Å². The summed E-state index contributed by atoms with van der Waals surface area (Å²) < 4.78 is 0. The monoisotopic (exact) mass is 340 g/mol. The summed E-state index contributed by atoms with van der Waals surface area (Å²) in [5, 5.41) is 2.78. The van der Waals surface area contributed by atoms with Crippen LogP contribution >= 0.6 is 11.8 Å². The molecule has 0 radical (unpaired) electrons. The van der Waals surface area contributed by atoms with Crippen LogP contribution in [0.25, 0.3) is 0 Å². The van der Waals surface area contributed by atoms with Gasteiger partial charge in [-0.1, -0.05) is 13.0 Å². The van der Waals surface area contributed by atoms with Crippen LogP contribution in [0.15, 0.2) is 47.4 Å². The minimum absolute atomic E-state index is 0.251. The van der Waals surface area contributed by atoms with E-state index in [0.717, 1.165) is 15.5 Å². The molecule has 1 aliphatic rings. The molecule has 1 N–H and O–H groups in total. The van der Waals surface area contributed by atoms with Gasteiger partial charge < -0.3 is 5.32 Å². The third-order valence-corrected chi connectivity index (χ3v) is 4.63. The summed E-state index contributed by atoms with van der Waals surface area (Å²) in [6.45, 7) is 2.05. The number of amides is 3. The average molecular weight is 340 g/mol. The topological polar surface area (TPSA) is 66.5 Å². The molecule has 122 valence electrons. The molecule has 0 saturated carbocycles. The predicted octanol–water partition coefficient (Wildman–Crippen LogP) is 3.28. The molecule has 0 unspecified atom stereocenters. The zero-order valence-electron chi connectivity index (χ0n) is 13.3. The van der Waals surface area contributed by atoms with E-state index in [1.54, 1.807) is 36.0 Å². The quantitative estimate of drug-likeness (QED) is 0.685. The largest absolute Gasteiger partial charge is 0.322 e. The highest BCUT2D eigenvalue weighted by atomic mass is 32.2. The molecule has 0 aliphatic carbocycles. The molecular weight excluding hydrogens is 324 g/mol. The Morgan fingerprint density at radius 3 is 2.58 bits per heavy atom. The number of anilines is 1. The van der Waals surface area contributed by atoms with Crippen molar-refractivity contribution in [3.05, 3.63) is 59.2 Å². The number of hydrogen-bond donors (Lipinski definition) is 1. The molecule has 5 nitrogen and oxygen atoms in total. The molecule has 6 heteroatoms. The van der Waals surface area contributed by atoms with Gasteiger partial charge in [-0.05, 0) is 42.2 Å². The molecule has 0 fully saturated rings. The number of benzene rings is 2. The molecule has 0 aromatic heterocycles. The van der Waals surface area contributed by atoms with Crippen molar-refractivity contribution in [2.24, 2.45) is 0 Å². The molecular formula is C18H16N2O3S. The average Bonchev–Trinajstić information content (AvgIpc) is 2.80. The highest BCUT2D eigenvalue weighted by Crippen LogP contribution is 2.25. The SMILES string of the molecule is CCSc1cccc(C(=O)Nc2ccc3c(c2)C(=O)N(C)C3=O)c1. The first-order chi connectivity index (χ1) is 11.5. The van der Waals surface area contributed by atoms with Crippen molar-refractivity contribution in [3.8, 4) is 0 Å². The Morgan fingerprint density at radius 1 is 1.08 bits per heavy atom. The Kier molecular flexibility index (Phi) is 4.40. The van der Waals surface area contributed by atoms with E-state index in [1.165, 1.54) is 7.05 Å². The van der Waals surface area contributed by atoms with Crippen molar-refractivity contribution in [3.63, 3.8) is 0 Å². The van der Waals surface area contributed by atoms with E-state index < -0.39 is 0 Å². The maximum absolute atomic E-state index is 12.4. The van der Waals surface area contributed by atoms with E-state index in [4.69, 9.17) is 0 Å². The van der Waals surface area contributed by atoms with Gasteiger partial charge in [-0.3, -0.25) is 19.3 Å². The normalized spacial score (nSPS) is 13.2. The second-order valence-electron chi connectivity index (χ2n) is 5.34. The Balaban J connectivity index is 1.82. The molecule has 0 bridgehead atoms. The molecule has 1 aliphatic heterocycles. The van der Waals surface area contributed by atoms with E-state index in [2.05, 4.69) is 12.2 Å². The van der Waals surface area contributed by atoms with Gasteiger partial charge in [0.2, 0.25) is 0 Å². The number of nitrogens with one attached hydrogen (secondary N) is 1. The number of imide groups is 1. The molecule has 1 heterocycles. The van der Waals surface area contributed by atoms with Gasteiger partial charge >= 0.3 is 0 Å². The lowest BCUT2D eigenvalue weighted by atomic mass is 10.1. The fourth-order valence-electron chi connectivity index (χ4n) is 2.54. The van der Waals surface area contributed by atoms with Crippen molar-refractivity contribution in [1.82, 2.24) is 4.90 Å². The highest BCUT2D eigenvalue weighted by Gasteiger charge is 2.32. The molecule has 2 aromatic carbocycles. The van der Waals surface area contributed by atoms with Gasteiger partial charge in [0.05, 0.1) is 11.1 Å². The standard InChI is InChI=1S/C18H16N2O3S/c1-3-24-13-6-4-5-11(9-13)16(21)19-12-7-8-14-15(10-12)18(23)20(2)17(14)22/h4-10H,3H2,1-2H3,(H,19,21). The number of rotatable bonds is 4. The fourth-order valence-corrected chi connectivity index (χ4v) is 3.25. The van der Waals surface area contributed by atoms with Gasteiger partial charge in [0, 0.05) is 23.2 Å². The zero-order valence-corrected chi connectivity index (χ0v) is 14.1. The van der Waals surface area contributed by atoms with E-state index in [1.807, 2.05) is 18.2 Å². The molecule has 2 aromatic rings. The summed E-state index contributed by atoms with van der Waals surface area (Å²) in [7, 11) is 1.44. The fraction of sp³-hybridized carbons (Fsp3) is 0.167. The van der Waals surface area contributed by atoms with Crippen molar-refractivity contribution >= 4 is 35.2 Å². The van der Waals surface area contributed by atoms with Crippen LogP contribution < -0.4 is 5.32 Å². The van der Waals surface area contributed by atoms with Crippen molar-refractivity contribution in [2.75, 3.05) is 18.1 Å². The Hall–Kier alpha value is -2.60. The van der Waals surface area contributed by atoms with Crippen molar-refractivity contribution < 1.29 is 14.4 Å². The summed E-state index contributed by atoms with van der Waals surface area (Å²) >= 11 is 1.66. The number of thioether (sulfide) groups is 1. The van der Waals surface area contributed by atoms with Gasteiger partial charge in [-0.2, -0.15) is 0 Å². The minimum Gasteiger partial charge on any atom is -0.322 e. The maximum atomic E-state index is 12.4. The van der Waals surface area contributed by atoms with Crippen molar-refractivity contribution in [1.29, 1.82) is 0 Å². The van der Waals surface area contributed by atoms with Crippen LogP contribution in [0.1, 0.15) is 38.0 Å². The number of carbonyl (C=O) groups is 3. The summed E-state index contributed by atoms with van der Waals surface area (Å²) in [6.07, 6.45) is 0. The van der Waals surface area contributed by atoms with Crippen LogP contribution in [0.4, 0.5) is 5.69 Å². The molecule has 24 heavy (non-hydrogen) atoms. The van der Waals surface area contributed by atoms with Gasteiger partial charge in [-0.25, -0.2) is 0 Å². The highest BCUT2D eigenvalue weighted by molar-refractivity contribution is 7.99. The van der Waals surface area contributed by atoms with Gasteiger partial charge in [0.25, 0.3) is 17.7 Å². The Bertz CT molecular complexity index is 848.